The minimum atomic E-state index is -0.815. The number of unbranched alkanes of at least 4 members (excludes halogenated alkanes) is 25. The summed E-state index contributed by atoms with van der Waals surface area (Å²) in [6.07, 6.45) is 98.6. The molecule has 0 spiro atoms. The fourth-order valence-electron chi connectivity index (χ4n) is 9.11. The Labute approximate surface area is 506 Å². The quantitative estimate of drug-likeness (QED) is 0.0261. The van der Waals surface area contributed by atoms with Crippen LogP contribution in [-0.4, -0.2) is 37.2 Å². The summed E-state index contributed by atoms with van der Waals surface area (Å²) in [7, 11) is 0. The summed E-state index contributed by atoms with van der Waals surface area (Å²) < 4.78 is 16.9. The summed E-state index contributed by atoms with van der Waals surface area (Å²) in [4.78, 5) is 38.4. The third-order valence-electron chi connectivity index (χ3n) is 14.1. The van der Waals surface area contributed by atoms with Gasteiger partial charge in [0.15, 0.2) is 6.10 Å². The van der Waals surface area contributed by atoms with E-state index in [1.807, 2.05) is 0 Å². The lowest BCUT2D eigenvalue weighted by atomic mass is 10.0. The van der Waals surface area contributed by atoms with Gasteiger partial charge in [-0.3, -0.25) is 14.4 Å². The molecule has 0 aromatic rings. The first-order valence-corrected chi connectivity index (χ1v) is 33.8. The van der Waals surface area contributed by atoms with Gasteiger partial charge in [-0.05, 0) is 116 Å². The zero-order chi connectivity index (χ0) is 59.2. The van der Waals surface area contributed by atoms with Crippen LogP contribution in [0.2, 0.25) is 0 Å². The van der Waals surface area contributed by atoms with Gasteiger partial charge in [0.2, 0.25) is 0 Å². The molecule has 0 amide bonds. The highest BCUT2D eigenvalue weighted by Gasteiger charge is 2.19. The molecule has 0 aliphatic carbocycles. The van der Waals surface area contributed by atoms with E-state index in [9.17, 15) is 14.4 Å². The van der Waals surface area contributed by atoms with Crippen molar-refractivity contribution in [1.82, 2.24) is 0 Å². The van der Waals surface area contributed by atoms with E-state index in [0.29, 0.717) is 19.3 Å². The molecule has 0 saturated heterocycles. The van der Waals surface area contributed by atoms with Crippen LogP contribution in [0.4, 0.5) is 0 Å². The van der Waals surface area contributed by atoms with E-state index in [1.54, 1.807) is 0 Å². The average molecular weight is 1130 g/mol. The number of ether oxygens (including phenoxy) is 3. The first-order valence-electron chi connectivity index (χ1n) is 33.8. The first-order chi connectivity index (χ1) is 40.5. The van der Waals surface area contributed by atoms with E-state index in [0.717, 1.165) is 135 Å². The zero-order valence-corrected chi connectivity index (χ0v) is 53.2. The third-order valence-corrected chi connectivity index (χ3v) is 14.1. The fraction of sp³-hybridized carbons (Fsp3) is 0.645. The van der Waals surface area contributed by atoms with Crippen molar-refractivity contribution < 1.29 is 28.6 Å². The maximum absolute atomic E-state index is 13.0. The molecular formula is C76H124O6. The molecule has 0 aliphatic rings. The van der Waals surface area contributed by atoms with Crippen LogP contribution in [0.3, 0.4) is 0 Å². The molecule has 0 saturated carbocycles. The Kier molecular flexibility index (Phi) is 64.8. The summed E-state index contributed by atoms with van der Waals surface area (Å²) in [5.41, 5.74) is 0. The zero-order valence-electron chi connectivity index (χ0n) is 53.2. The van der Waals surface area contributed by atoms with Crippen molar-refractivity contribution in [2.45, 2.75) is 303 Å². The van der Waals surface area contributed by atoms with Crippen molar-refractivity contribution in [3.8, 4) is 0 Å². The van der Waals surface area contributed by atoms with Crippen LogP contribution in [0.25, 0.3) is 0 Å². The minimum absolute atomic E-state index is 0.103. The van der Waals surface area contributed by atoms with Crippen LogP contribution in [0.15, 0.2) is 146 Å². The molecule has 0 radical (unpaired) electrons. The van der Waals surface area contributed by atoms with Gasteiger partial charge in [0.05, 0.1) is 0 Å². The Balaban J connectivity index is 4.52. The van der Waals surface area contributed by atoms with Gasteiger partial charge in [-0.2, -0.15) is 0 Å². The van der Waals surface area contributed by atoms with E-state index in [1.165, 1.54) is 116 Å². The van der Waals surface area contributed by atoms with Crippen LogP contribution in [-0.2, 0) is 28.6 Å². The molecule has 1 unspecified atom stereocenters. The van der Waals surface area contributed by atoms with Crippen molar-refractivity contribution in [2.75, 3.05) is 13.2 Å². The number of hydrogen-bond acceptors (Lipinski definition) is 6. The van der Waals surface area contributed by atoms with Gasteiger partial charge >= 0.3 is 17.9 Å². The highest BCUT2D eigenvalue weighted by Crippen LogP contribution is 2.16. The van der Waals surface area contributed by atoms with Crippen molar-refractivity contribution in [1.29, 1.82) is 0 Å². The second-order valence-electron chi connectivity index (χ2n) is 22.0. The molecule has 0 bridgehead atoms. The third kappa shape index (κ3) is 66.1. The Bertz CT molecular complexity index is 1780. The van der Waals surface area contributed by atoms with E-state index in [2.05, 4.69) is 167 Å². The second kappa shape index (κ2) is 68.8. The van der Waals surface area contributed by atoms with Gasteiger partial charge in [0.25, 0.3) is 0 Å². The van der Waals surface area contributed by atoms with Crippen molar-refractivity contribution in [2.24, 2.45) is 0 Å². The topological polar surface area (TPSA) is 78.9 Å². The van der Waals surface area contributed by atoms with Crippen molar-refractivity contribution in [3.05, 3.63) is 146 Å². The van der Waals surface area contributed by atoms with E-state index in [4.69, 9.17) is 14.2 Å². The van der Waals surface area contributed by atoms with Crippen LogP contribution in [0.1, 0.15) is 297 Å². The standard InChI is InChI=1S/C76H124O6/c1-4-7-10-13-16-19-22-25-28-31-34-36-38-40-42-45-48-51-54-57-60-63-66-69-75(78)81-72-73(71-80-74(77)68-65-62-59-56-53-50-47-44-33-30-27-24-21-18-15-12-9-6-3)82-76(79)70-67-64-61-58-55-52-49-46-43-41-39-37-35-32-29-26-23-20-17-14-11-8-5-2/h7-8,10-11,16-17,19-20,25-26,28-29,34-37,40-43,48,51,57,60,73H,4-6,9,12-15,18,21-24,27,30-33,38-39,44-47,49-50,52-56,58-59,61-72H2,1-3H3/b10-7-,11-8-,19-16-,20-17-,28-25-,29-26-,36-34-,37-35-,42-40-,43-41-,51-48-,60-57-. The lowest BCUT2D eigenvalue weighted by Crippen LogP contribution is -2.30. The molecule has 0 aliphatic heterocycles. The Morgan fingerprint density at radius 2 is 0.488 bits per heavy atom. The first kappa shape index (κ1) is 77.3. The number of allylic oxidation sites excluding steroid dienone is 24. The van der Waals surface area contributed by atoms with Gasteiger partial charge in [-0.25, -0.2) is 0 Å². The molecule has 0 fully saturated rings. The number of esters is 3. The summed E-state index contributed by atoms with van der Waals surface area (Å²) in [6, 6.07) is 0. The minimum Gasteiger partial charge on any atom is -0.462 e. The largest absolute Gasteiger partial charge is 0.462 e. The van der Waals surface area contributed by atoms with Crippen molar-refractivity contribution >= 4 is 17.9 Å². The van der Waals surface area contributed by atoms with E-state index >= 15 is 0 Å². The van der Waals surface area contributed by atoms with E-state index in [-0.39, 0.29) is 37.5 Å². The highest BCUT2D eigenvalue weighted by molar-refractivity contribution is 5.71. The van der Waals surface area contributed by atoms with Crippen LogP contribution in [0, 0.1) is 0 Å². The number of rotatable bonds is 60. The fourth-order valence-corrected chi connectivity index (χ4v) is 9.11. The molecule has 82 heavy (non-hydrogen) atoms. The molecule has 0 heterocycles. The van der Waals surface area contributed by atoms with Crippen LogP contribution in [0.5, 0.6) is 0 Å². The summed E-state index contributed by atoms with van der Waals surface area (Å²) in [6.45, 7) is 6.38. The molecule has 0 aromatic carbocycles. The lowest BCUT2D eigenvalue weighted by molar-refractivity contribution is -0.167. The van der Waals surface area contributed by atoms with Crippen LogP contribution >= 0.6 is 0 Å². The predicted octanol–water partition coefficient (Wildman–Crippen LogP) is 23.5. The molecule has 6 heteroatoms. The summed E-state index contributed by atoms with van der Waals surface area (Å²) in [5, 5.41) is 0. The number of hydrogen-bond donors (Lipinski definition) is 0. The van der Waals surface area contributed by atoms with Crippen molar-refractivity contribution in [3.63, 3.8) is 0 Å². The SMILES string of the molecule is CC/C=C\C/C=C\C/C=C\C/C=C\C/C=C\C/C=C\C/C=C\CCCC(=O)OCC(COC(=O)CCCCCCCCCCCCCCCCCCCC)OC(=O)CCCCCCCCC/C=C\C/C=C\C/C=C\C/C=C\C/C=C\CC. The Morgan fingerprint density at radius 3 is 0.793 bits per heavy atom. The maximum atomic E-state index is 13.0. The van der Waals surface area contributed by atoms with Gasteiger partial charge in [0, 0.05) is 19.3 Å². The summed E-state index contributed by atoms with van der Waals surface area (Å²) in [5.74, 6) is -0.971. The molecule has 1 atom stereocenters. The molecule has 0 rings (SSSR count). The van der Waals surface area contributed by atoms with E-state index < -0.39 is 6.10 Å². The molecule has 464 valence electrons. The monoisotopic (exact) mass is 1130 g/mol. The summed E-state index contributed by atoms with van der Waals surface area (Å²) >= 11 is 0. The predicted molar refractivity (Wildman–Crippen MR) is 357 cm³/mol. The van der Waals surface area contributed by atoms with Gasteiger partial charge in [0.1, 0.15) is 13.2 Å². The Morgan fingerprint density at radius 1 is 0.256 bits per heavy atom. The molecule has 0 aromatic heterocycles. The van der Waals surface area contributed by atoms with Gasteiger partial charge < -0.3 is 14.2 Å². The molecule has 0 N–H and O–H groups in total. The number of carbonyl (C=O) groups excluding carboxylic acids is 3. The normalized spacial score (nSPS) is 13.1. The smallest absolute Gasteiger partial charge is 0.306 e. The highest BCUT2D eigenvalue weighted by atomic mass is 16.6. The molecule has 6 nitrogen and oxygen atoms in total. The van der Waals surface area contributed by atoms with Gasteiger partial charge in [-0.15, -0.1) is 0 Å². The van der Waals surface area contributed by atoms with Crippen LogP contribution < -0.4 is 0 Å². The average Bonchev–Trinajstić information content (AvgIpc) is 3.47. The van der Waals surface area contributed by atoms with Gasteiger partial charge in [-0.1, -0.05) is 308 Å². The second-order valence-corrected chi connectivity index (χ2v) is 22.0. The molecular weight excluding hydrogens is 1010 g/mol. The maximum Gasteiger partial charge on any atom is 0.306 e. The number of carbonyl (C=O) groups is 3. The Hall–Kier alpha value is -4.71. The lowest BCUT2D eigenvalue weighted by Gasteiger charge is -2.18.